The number of piperidine rings is 1. The molecule has 3 fully saturated rings. The molecule has 6 nitrogen and oxygen atoms in total. The SMILES string of the molecule is O=C(NC1CC1)N1CCCC(C(=O)N2CCN(C/C=C/c3ccccc3)CC2)C1. The highest BCUT2D eigenvalue weighted by Gasteiger charge is 2.34. The van der Waals surface area contributed by atoms with Gasteiger partial charge in [-0.15, -0.1) is 0 Å². The molecule has 0 bridgehead atoms. The van der Waals surface area contributed by atoms with Gasteiger partial charge in [0.25, 0.3) is 0 Å². The summed E-state index contributed by atoms with van der Waals surface area (Å²) in [6.45, 7) is 5.62. The molecule has 1 atom stereocenters. The number of carbonyl (C=O) groups excluding carboxylic acids is 2. The second kappa shape index (κ2) is 9.44. The largest absolute Gasteiger partial charge is 0.340 e. The van der Waals surface area contributed by atoms with Gasteiger partial charge in [0.2, 0.25) is 5.91 Å². The number of urea groups is 1. The van der Waals surface area contributed by atoms with Crippen LogP contribution in [0.25, 0.3) is 6.08 Å². The fraction of sp³-hybridized carbons (Fsp3) is 0.565. The quantitative estimate of drug-likeness (QED) is 0.832. The minimum Gasteiger partial charge on any atom is -0.340 e. The maximum atomic E-state index is 13.0. The number of hydrogen-bond donors (Lipinski definition) is 1. The van der Waals surface area contributed by atoms with Crippen LogP contribution < -0.4 is 5.32 Å². The van der Waals surface area contributed by atoms with Crippen molar-refractivity contribution in [2.45, 2.75) is 31.7 Å². The lowest BCUT2D eigenvalue weighted by Crippen LogP contribution is -2.54. The van der Waals surface area contributed by atoms with Crippen molar-refractivity contribution in [3.8, 4) is 0 Å². The molecule has 1 N–H and O–H groups in total. The zero-order chi connectivity index (χ0) is 20.1. The maximum absolute atomic E-state index is 13.0. The summed E-state index contributed by atoms with van der Waals surface area (Å²) < 4.78 is 0. The summed E-state index contributed by atoms with van der Waals surface area (Å²) in [6.07, 6.45) is 8.34. The summed E-state index contributed by atoms with van der Waals surface area (Å²) in [4.78, 5) is 31.5. The van der Waals surface area contributed by atoms with Gasteiger partial charge in [-0.1, -0.05) is 42.5 Å². The molecular weight excluding hydrogens is 364 g/mol. The molecule has 3 aliphatic rings. The maximum Gasteiger partial charge on any atom is 0.317 e. The Morgan fingerprint density at radius 2 is 1.72 bits per heavy atom. The number of hydrogen-bond acceptors (Lipinski definition) is 3. The van der Waals surface area contributed by atoms with E-state index in [1.165, 1.54) is 5.56 Å². The highest BCUT2D eigenvalue weighted by molar-refractivity contribution is 5.81. The van der Waals surface area contributed by atoms with Crippen molar-refractivity contribution in [2.24, 2.45) is 5.92 Å². The molecule has 3 amide bonds. The Balaban J connectivity index is 1.21. The standard InChI is InChI=1S/C23H32N4O2/c28-22(20-9-5-13-27(18-20)23(29)24-21-10-11-21)26-16-14-25(15-17-26)12-4-8-19-6-2-1-3-7-19/h1-4,6-8,20-21H,5,9-18H2,(H,24,29)/b8-4+. The molecule has 1 aliphatic carbocycles. The fourth-order valence-electron chi connectivity index (χ4n) is 4.17. The van der Waals surface area contributed by atoms with Crippen LogP contribution >= 0.6 is 0 Å². The number of amides is 3. The van der Waals surface area contributed by atoms with Crippen LogP contribution in [-0.2, 0) is 4.79 Å². The van der Waals surface area contributed by atoms with Crippen LogP contribution in [0.1, 0.15) is 31.2 Å². The normalized spacial score (nSPS) is 23.4. The second-order valence-electron chi connectivity index (χ2n) is 8.45. The molecule has 1 saturated carbocycles. The van der Waals surface area contributed by atoms with E-state index in [-0.39, 0.29) is 17.9 Å². The third-order valence-corrected chi connectivity index (χ3v) is 6.12. The molecule has 0 radical (unpaired) electrons. The highest BCUT2D eigenvalue weighted by atomic mass is 16.2. The minimum absolute atomic E-state index is 0.0139. The Hall–Kier alpha value is -2.34. The Morgan fingerprint density at radius 1 is 0.966 bits per heavy atom. The minimum atomic E-state index is -0.0433. The number of benzene rings is 1. The average Bonchev–Trinajstić information content (AvgIpc) is 3.58. The van der Waals surface area contributed by atoms with Crippen LogP contribution in [0.5, 0.6) is 0 Å². The molecule has 4 rings (SSSR count). The highest BCUT2D eigenvalue weighted by Crippen LogP contribution is 2.22. The van der Waals surface area contributed by atoms with E-state index in [2.05, 4.69) is 34.5 Å². The summed E-state index contributed by atoms with van der Waals surface area (Å²) in [5, 5.41) is 3.05. The predicted molar refractivity (Wildman–Crippen MR) is 114 cm³/mol. The van der Waals surface area contributed by atoms with Gasteiger partial charge in [0.1, 0.15) is 0 Å². The molecule has 1 aromatic carbocycles. The van der Waals surface area contributed by atoms with Crippen molar-refractivity contribution in [1.82, 2.24) is 20.0 Å². The summed E-state index contributed by atoms with van der Waals surface area (Å²) in [7, 11) is 0. The Bertz CT molecular complexity index is 724. The molecule has 1 aromatic rings. The third-order valence-electron chi connectivity index (χ3n) is 6.12. The second-order valence-corrected chi connectivity index (χ2v) is 8.45. The first-order chi connectivity index (χ1) is 14.2. The van der Waals surface area contributed by atoms with E-state index in [1.54, 1.807) is 0 Å². The Labute approximate surface area is 173 Å². The molecule has 6 heteroatoms. The van der Waals surface area contributed by atoms with Gasteiger partial charge in [-0.2, -0.15) is 0 Å². The van der Waals surface area contributed by atoms with Crippen LogP contribution in [0, 0.1) is 5.92 Å². The van der Waals surface area contributed by atoms with Crippen LogP contribution in [0.15, 0.2) is 36.4 Å². The molecule has 156 valence electrons. The van der Waals surface area contributed by atoms with E-state index in [4.69, 9.17) is 0 Å². The van der Waals surface area contributed by atoms with E-state index in [0.29, 0.717) is 12.6 Å². The molecule has 2 aliphatic heterocycles. The Kier molecular flexibility index (Phi) is 6.49. The van der Waals surface area contributed by atoms with Crippen molar-refractivity contribution >= 4 is 18.0 Å². The summed E-state index contributed by atoms with van der Waals surface area (Å²) in [6, 6.07) is 10.7. The van der Waals surface area contributed by atoms with Gasteiger partial charge >= 0.3 is 6.03 Å². The van der Waals surface area contributed by atoms with Crippen molar-refractivity contribution in [3.05, 3.63) is 42.0 Å². The van der Waals surface area contributed by atoms with Crippen LogP contribution in [0.3, 0.4) is 0 Å². The summed E-state index contributed by atoms with van der Waals surface area (Å²) >= 11 is 0. The zero-order valence-electron chi connectivity index (χ0n) is 17.1. The van der Waals surface area contributed by atoms with Gasteiger partial charge in [-0.3, -0.25) is 9.69 Å². The fourth-order valence-corrected chi connectivity index (χ4v) is 4.17. The average molecular weight is 397 g/mol. The van der Waals surface area contributed by atoms with Crippen LogP contribution in [0.2, 0.25) is 0 Å². The number of nitrogens with one attached hydrogen (secondary N) is 1. The Morgan fingerprint density at radius 3 is 2.45 bits per heavy atom. The monoisotopic (exact) mass is 396 g/mol. The van der Waals surface area contributed by atoms with Crippen molar-refractivity contribution < 1.29 is 9.59 Å². The van der Waals surface area contributed by atoms with E-state index in [9.17, 15) is 9.59 Å². The number of carbonyl (C=O) groups is 2. The van der Waals surface area contributed by atoms with E-state index in [1.807, 2.05) is 28.0 Å². The first-order valence-corrected chi connectivity index (χ1v) is 11.0. The van der Waals surface area contributed by atoms with Gasteiger partial charge in [0.15, 0.2) is 0 Å². The molecule has 0 aromatic heterocycles. The number of likely N-dealkylation sites (tertiary alicyclic amines) is 1. The molecule has 1 unspecified atom stereocenters. The van der Waals surface area contributed by atoms with Crippen molar-refractivity contribution in [3.63, 3.8) is 0 Å². The lowest BCUT2D eigenvalue weighted by Gasteiger charge is -2.38. The first kappa shape index (κ1) is 20.0. The van der Waals surface area contributed by atoms with Crippen molar-refractivity contribution in [1.29, 1.82) is 0 Å². The van der Waals surface area contributed by atoms with Crippen molar-refractivity contribution in [2.75, 3.05) is 45.8 Å². The summed E-state index contributed by atoms with van der Waals surface area (Å²) in [5.41, 5.74) is 1.22. The molecule has 29 heavy (non-hydrogen) atoms. The number of nitrogens with zero attached hydrogens (tertiary/aromatic N) is 3. The van der Waals surface area contributed by atoms with Gasteiger partial charge in [-0.05, 0) is 31.2 Å². The molecule has 0 spiro atoms. The van der Waals surface area contributed by atoms with E-state index >= 15 is 0 Å². The molecule has 2 saturated heterocycles. The number of piperazine rings is 1. The van der Waals surface area contributed by atoms with Crippen LogP contribution in [0.4, 0.5) is 4.79 Å². The molecule has 2 heterocycles. The molecular formula is C23H32N4O2. The van der Waals surface area contributed by atoms with E-state index in [0.717, 1.165) is 65.0 Å². The lowest BCUT2D eigenvalue weighted by atomic mass is 9.96. The predicted octanol–water partition coefficient (Wildman–Crippen LogP) is 2.43. The summed E-state index contributed by atoms with van der Waals surface area (Å²) in [5.74, 6) is 0.187. The van der Waals surface area contributed by atoms with Gasteiger partial charge in [0.05, 0.1) is 5.92 Å². The first-order valence-electron chi connectivity index (χ1n) is 11.0. The smallest absolute Gasteiger partial charge is 0.317 e. The lowest BCUT2D eigenvalue weighted by molar-refractivity contribution is -0.138. The zero-order valence-corrected chi connectivity index (χ0v) is 17.1. The number of rotatable bonds is 5. The van der Waals surface area contributed by atoms with E-state index < -0.39 is 0 Å². The topological polar surface area (TPSA) is 55.9 Å². The van der Waals surface area contributed by atoms with Gasteiger partial charge < -0.3 is 15.1 Å². The van der Waals surface area contributed by atoms with Gasteiger partial charge in [0, 0.05) is 51.9 Å². The van der Waals surface area contributed by atoms with Gasteiger partial charge in [-0.25, -0.2) is 4.79 Å². The third kappa shape index (κ3) is 5.60. The van der Waals surface area contributed by atoms with Crippen LogP contribution in [-0.4, -0.2) is 78.5 Å².